The summed E-state index contributed by atoms with van der Waals surface area (Å²) < 4.78 is 46.4. The predicted octanol–water partition coefficient (Wildman–Crippen LogP) is 3.33. The largest absolute Gasteiger partial charge is 0.465 e. The van der Waals surface area contributed by atoms with E-state index >= 15 is 0 Å². The molecule has 23 heavy (non-hydrogen) atoms. The number of methoxy groups -OCH3 is 1. The number of aryl methyl sites for hydroxylation is 1. The minimum atomic E-state index is -4.15. The molecule has 0 amide bonds. The molecule has 0 heterocycles. The Hall–Kier alpha value is -1.68. The maximum absolute atomic E-state index is 13.5. The highest BCUT2D eigenvalue weighted by Gasteiger charge is 2.24. The molecule has 5 nitrogen and oxygen atoms in total. The van der Waals surface area contributed by atoms with Gasteiger partial charge in [0.05, 0.1) is 18.4 Å². The summed E-state index contributed by atoms with van der Waals surface area (Å²) in [5.74, 6) is -1.62. The van der Waals surface area contributed by atoms with Crippen molar-refractivity contribution in [3.63, 3.8) is 0 Å². The zero-order valence-electron chi connectivity index (χ0n) is 12.3. The molecule has 0 aliphatic rings. The third kappa shape index (κ3) is 3.99. The van der Waals surface area contributed by atoms with Crippen LogP contribution in [-0.4, -0.2) is 21.5 Å². The molecule has 8 heteroatoms. The molecule has 122 valence electrons. The highest BCUT2D eigenvalue weighted by Crippen LogP contribution is 2.24. The van der Waals surface area contributed by atoms with Crippen LogP contribution in [0.15, 0.2) is 41.3 Å². The normalized spacial score (nSPS) is 11.1. The Kier molecular flexibility index (Phi) is 5.25. The summed E-state index contributed by atoms with van der Waals surface area (Å²) in [5, 5.41) is 0. The highest BCUT2D eigenvalue weighted by molar-refractivity contribution is 14.1. The van der Waals surface area contributed by atoms with E-state index in [-0.39, 0.29) is 5.56 Å². The number of carbonyl (C=O) groups excluding carboxylic acids is 1. The summed E-state index contributed by atoms with van der Waals surface area (Å²) in [4.78, 5) is 11.2. The average Bonchev–Trinajstić information content (AvgIpc) is 2.49. The van der Waals surface area contributed by atoms with Gasteiger partial charge in [0.1, 0.15) is 10.7 Å². The first-order valence-corrected chi connectivity index (χ1v) is 8.97. The number of hydrogen-bond donors (Lipinski definition) is 1. The number of halogens is 2. The second-order valence-electron chi connectivity index (χ2n) is 4.70. The fourth-order valence-corrected chi connectivity index (χ4v) is 3.92. The summed E-state index contributed by atoms with van der Waals surface area (Å²) in [7, 11) is -3.03. The van der Waals surface area contributed by atoms with Crippen LogP contribution in [0.25, 0.3) is 0 Å². The SMILES string of the molecule is COC(=O)c1ccc(F)cc1S(=O)(=O)Nc1ccc(I)cc1C. The molecule has 0 radical (unpaired) electrons. The van der Waals surface area contributed by atoms with Gasteiger partial charge in [0, 0.05) is 3.57 Å². The van der Waals surface area contributed by atoms with Gasteiger partial charge in [0.2, 0.25) is 0 Å². The average molecular weight is 449 g/mol. The molecule has 0 fully saturated rings. The van der Waals surface area contributed by atoms with Crippen LogP contribution >= 0.6 is 22.6 Å². The zero-order chi connectivity index (χ0) is 17.2. The van der Waals surface area contributed by atoms with Gasteiger partial charge in [-0.1, -0.05) is 0 Å². The quantitative estimate of drug-likeness (QED) is 0.575. The van der Waals surface area contributed by atoms with Crippen LogP contribution in [0, 0.1) is 16.3 Å². The lowest BCUT2D eigenvalue weighted by molar-refractivity contribution is 0.0596. The summed E-state index contributed by atoms with van der Waals surface area (Å²) in [6, 6.07) is 8.00. The van der Waals surface area contributed by atoms with Crippen molar-refractivity contribution in [2.75, 3.05) is 11.8 Å². The highest BCUT2D eigenvalue weighted by atomic mass is 127. The minimum absolute atomic E-state index is 0.232. The van der Waals surface area contributed by atoms with Gasteiger partial charge in [-0.05, 0) is 71.5 Å². The Labute approximate surface area is 147 Å². The lowest BCUT2D eigenvalue weighted by Gasteiger charge is -2.13. The van der Waals surface area contributed by atoms with Gasteiger partial charge in [0.25, 0.3) is 10.0 Å². The first-order valence-electron chi connectivity index (χ1n) is 6.41. The molecule has 2 aromatic carbocycles. The molecule has 2 aromatic rings. The van der Waals surface area contributed by atoms with Gasteiger partial charge in [-0.15, -0.1) is 0 Å². The Morgan fingerprint density at radius 3 is 2.52 bits per heavy atom. The molecule has 0 spiro atoms. The summed E-state index contributed by atoms with van der Waals surface area (Å²) in [5.41, 5.74) is 0.826. The van der Waals surface area contributed by atoms with Crippen LogP contribution in [0.2, 0.25) is 0 Å². The van der Waals surface area contributed by atoms with Crippen molar-refractivity contribution in [1.29, 1.82) is 0 Å². The fraction of sp³-hybridized carbons (Fsp3) is 0.133. The number of sulfonamides is 1. The van der Waals surface area contributed by atoms with Crippen LogP contribution in [-0.2, 0) is 14.8 Å². The Morgan fingerprint density at radius 1 is 1.22 bits per heavy atom. The molecule has 0 saturated heterocycles. The van der Waals surface area contributed by atoms with E-state index in [4.69, 9.17) is 0 Å². The van der Waals surface area contributed by atoms with E-state index in [9.17, 15) is 17.6 Å². The molecule has 2 rings (SSSR count). The van der Waals surface area contributed by atoms with Crippen molar-refractivity contribution >= 4 is 44.3 Å². The van der Waals surface area contributed by atoms with Gasteiger partial charge in [0.15, 0.2) is 0 Å². The van der Waals surface area contributed by atoms with Crippen molar-refractivity contribution in [2.24, 2.45) is 0 Å². The van der Waals surface area contributed by atoms with E-state index in [1.54, 1.807) is 25.1 Å². The summed E-state index contributed by atoms with van der Waals surface area (Å²) >= 11 is 2.11. The van der Waals surface area contributed by atoms with Crippen LogP contribution in [0.1, 0.15) is 15.9 Å². The molecule has 0 saturated carbocycles. The van der Waals surface area contributed by atoms with Crippen LogP contribution in [0.3, 0.4) is 0 Å². The van der Waals surface area contributed by atoms with Crippen molar-refractivity contribution in [3.8, 4) is 0 Å². The van der Waals surface area contributed by atoms with E-state index in [0.29, 0.717) is 11.3 Å². The number of nitrogens with one attached hydrogen (secondary N) is 1. The number of ether oxygens (including phenoxy) is 1. The number of carbonyl (C=O) groups is 1. The van der Waals surface area contributed by atoms with Gasteiger partial charge in [-0.2, -0.15) is 0 Å². The Bertz CT molecular complexity index is 868. The Morgan fingerprint density at radius 2 is 1.91 bits per heavy atom. The van der Waals surface area contributed by atoms with Crippen molar-refractivity contribution in [2.45, 2.75) is 11.8 Å². The molecule has 0 aliphatic carbocycles. The molecular weight excluding hydrogens is 436 g/mol. The third-order valence-electron chi connectivity index (χ3n) is 3.07. The fourth-order valence-electron chi connectivity index (χ4n) is 1.94. The molecular formula is C15H13FINO4S. The third-order valence-corrected chi connectivity index (χ3v) is 5.15. The first-order chi connectivity index (χ1) is 10.7. The van der Waals surface area contributed by atoms with Crippen LogP contribution < -0.4 is 4.72 Å². The van der Waals surface area contributed by atoms with Crippen molar-refractivity contribution < 1.29 is 22.3 Å². The molecule has 1 N–H and O–H groups in total. The maximum atomic E-state index is 13.5. The molecule has 0 aliphatic heterocycles. The topological polar surface area (TPSA) is 72.5 Å². The van der Waals surface area contributed by atoms with Crippen molar-refractivity contribution in [3.05, 3.63) is 56.9 Å². The van der Waals surface area contributed by atoms with Gasteiger partial charge in [-0.25, -0.2) is 17.6 Å². The smallest absolute Gasteiger partial charge is 0.339 e. The monoisotopic (exact) mass is 449 g/mol. The lowest BCUT2D eigenvalue weighted by Crippen LogP contribution is -2.18. The first kappa shape index (κ1) is 17.7. The molecule has 0 bridgehead atoms. The van der Waals surface area contributed by atoms with Gasteiger partial charge < -0.3 is 4.74 Å². The maximum Gasteiger partial charge on any atom is 0.339 e. The van der Waals surface area contributed by atoms with E-state index in [1.807, 2.05) is 0 Å². The van der Waals surface area contributed by atoms with Gasteiger partial charge in [-0.3, -0.25) is 4.72 Å². The molecule has 0 unspecified atom stereocenters. The number of rotatable bonds is 4. The van der Waals surface area contributed by atoms with Crippen LogP contribution in [0.5, 0.6) is 0 Å². The second kappa shape index (κ2) is 6.83. The van der Waals surface area contributed by atoms with Crippen LogP contribution in [0.4, 0.5) is 10.1 Å². The lowest BCUT2D eigenvalue weighted by atomic mass is 10.2. The summed E-state index contributed by atoms with van der Waals surface area (Å²) in [6.45, 7) is 1.74. The summed E-state index contributed by atoms with van der Waals surface area (Å²) in [6.07, 6.45) is 0. The molecule has 0 aromatic heterocycles. The minimum Gasteiger partial charge on any atom is -0.465 e. The molecule has 0 atom stereocenters. The van der Waals surface area contributed by atoms with E-state index in [0.717, 1.165) is 28.9 Å². The van der Waals surface area contributed by atoms with E-state index < -0.39 is 26.7 Å². The zero-order valence-corrected chi connectivity index (χ0v) is 15.2. The number of hydrogen-bond acceptors (Lipinski definition) is 4. The number of anilines is 1. The number of esters is 1. The number of benzene rings is 2. The Balaban J connectivity index is 2.51. The van der Waals surface area contributed by atoms with Crippen molar-refractivity contribution in [1.82, 2.24) is 0 Å². The van der Waals surface area contributed by atoms with Gasteiger partial charge >= 0.3 is 5.97 Å². The predicted molar refractivity (Wildman–Crippen MR) is 92.4 cm³/mol. The van der Waals surface area contributed by atoms with E-state index in [2.05, 4.69) is 32.0 Å². The second-order valence-corrected chi connectivity index (χ2v) is 7.59. The standard InChI is InChI=1S/C15H13FINO4S/c1-9-7-11(17)4-6-13(9)18-23(20,21)14-8-10(16)3-5-12(14)15(19)22-2/h3-8,18H,1-2H3. The van der Waals surface area contributed by atoms with E-state index in [1.165, 1.54) is 0 Å².